The Kier molecular flexibility index (Phi) is 5.38. The predicted octanol–water partition coefficient (Wildman–Crippen LogP) is 2.23. The zero-order chi connectivity index (χ0) is 19.7. The summed E-state index contributed by atoms with van der Waals surface area (Å²) in [6, 6.07) is 3.97. The molecule has 0 radical (unpaired) electrons. The van der Waals surface area contributed by atoms with E-state index in [1.54, 1.807) is 7.11 Å². The minimum absolute atomic E-state index is 0.0407. The van der Waals surface area contributed by atoms with Crippen molar-refractivity contribution in [2.75, 3.05) is 47.0 Å². The lowest BCUT2D eigenvalue weighted by molar-refractivity contribution is -0.162. The molecule has 3 aliphatic heterocycles. The molecule has 0 unspecified atom stereocenters. The number of carbonyl (C=O) groups is 1. The summed E-state index contributed by atoms with van der Waals surface area (Å²) in [4.78, 5) is 16.7. The molecule has 0 spiro atoms. The number of carboxylic acids is 1. The van der Waals surface area contributed by atoms with Crippen LogP contribution in [-0.2, 0) is 11.3 Å². The SMILES string of the molecule is COc1cc2c(cc1CN1CC[C@@]3(C(=O)O)CCCN(C)[C@@H]3C1)OCCCO2. The Labute approximate surface area is 166 Å². The first kappa shape index (κ1) is 19.3. The van der Waals surface area contributed by atoms with E-state index in [0.29, 0.717) is 26.2 Å². The van der Waals surface area contributed by atoms with Gasteiger partial charge in [-0.05, 0) is 45.5 Å². The number of methoxy groups -OCH3 is 1. The van der Waals surface area contributed by atoms with Crippen LogP contribution >= 0.6 is 0 Å². The van der Waals surface area contributed by atoms with Crippen LogP contribution in [-0.4, -0.2) is 73.9 Å². The molecule has 0 bridgehead atoms. The Morgan fingerprint density at radius 1 is 1.21 bits per heavy atom. The van der Waals surface area contributed by atoms with E-state index >= 15 is 0 Å². The van der Waals surface area contributed by atoms with Crippen LogP contribution in [0.5, 0.6) is 17.2 Å². The third-order valence-corrected chi connectivity index (χ3v) is 6.58. The molecular formula is C21H30N2O5. The second kappa shape index (κ2) is 7.79. The van der Waals surface area contributed by atoms with Crippen LogP contribution in [0.2, 0.25) is 0 Å². The molecule has 0 amide bonds. The van der Waals surface area contributed by atoms with Gasteiger partial charge in [-0.2, -0.15) is 0 Å². The van der Waals surface area contributed by atoms with E-state index in [2.05, 4.69) is 16.8 Å². The van der Waals surface area contributed by atoms with Gasteiger partial charge in [-0.15, -0.1) is 0 Å². The number of fused-ring (bicyclic) bond motifs is 2. The Hall–Kier alpha value is -1.99. The molecule has 4 rings (SSSR count). The number of likely N-dealkylation sites (N-methyl/N-ethyl adjacent to an activating group) is 1. The first-order chi connectivity index (χ1) is 13.5. The van der Waals surface area contributed by atoms with E-state index < -0.39 is 11.4 Å². The smallest absolute Gasteiger partial charge is 0.311 e. The molecule has 154 valence electrons. The molecule has 0 aliphatic carbocycles. The summed E-state index contributed by atoms with van der Waals surface area (Å²) in [6.07, 6.45) is 3.28. The third kappa shape index (κ3) is 3.42. The Morgan fingerprint density at radius 2 is 1.96 bits per heavy atom. The maximum atomic E-state index is 12.1. The first-order valence-electron chi connectivity index (χ1n) is 10.2. The highest BCUT2D eigenvalue weighted by Crippen LogP contribution is 2.43. The van der Waals surface area contributed by atoms with Crippen molar-refractivity contribution in [3.63, 3.8) is 0 Å². The molecule has 28 heavy (non-hydrogen) atoms. The third-order valence-electron chi connectivity index (χ3n) is 6.58. The lowest BCUT2D eigenvalue weighted by Crippen LogP contribution is -2.62. The highest BCUT2D eigenvalue weighted by Gasteiger charge is 2.52. The van der Waals surface area contributed by atoms with E-state index in [1.807, 2.05) is 12.1 Å². The molecule has 7 nitrogen and oxygen atoms in total. The summed E-state index contributed by atoms with van der Waals surface area (Å²) in [6.45, 7) is 4.48. The molecule has 1 aromatic carbocycles. The standard InChI is InChI=1S/C21H30N2O5/c1-22-7-3-5-21(20(24)25)6-8-23(14-19(21)22)13-15-11-17-18(12-16(15)26-2)28-10-4-9-27-17/h11-12,19H,3-10,13-14H2,1-2H3,(H,24,25)/t19-,21+/m1/s1. The Bertz CT molecular complexity index is 740. The Balaban J connectivity index is 1.55. The largest absolute Gasteiger partial charge is 0.496 e. The number of nitrogens with zero attached hydrogens (tertiary/aromatic N) is 2. The number of hydrogen-bond acceptors (Lipinski definition) is 6. The summed E-state index contributed by atoms with van der Waals surface area (Å²) in [5.41, 5.74) is 0.436. The fraction of sp³-hybridized carbons (Fsp3) is 0.667. The monoisotopic (exact) mass is 390 g/mol. The number of likely N-dealkylation sites (tertiary alicyclic amines) is 2. The molecular weight excluding hydrogens is 360 g/mol. The number of benzene rings is 1. The van der Waals surface area contributed by atoms with Gasteiger partial charge in [-0.25, -0.2) is 0 Å². The van der Waals surface area contributed by atoms with Crippen molar-refractivity contribution in [3.05, 3.63) is 17.7 Å². The molecule has 1 aromatic rings. The lowest BCUT2D eigenvalue weighted by atomic mass is 9.68. The first-order valence-corrected chi connectivity index (χ1v) is 10.2. The minimum Gasteiger partial charge on any atom is -0.496 e. The molecule has 0 aromatic heterocycles. The van der Waals surface area contributed by atoms with Crippen molar-refractivity contribution < 1.29 is 24.1 Å². The maximum absolute atomic E-state index is 12.1. The fourth-order valence-corrected chi connectivity index (χ4v) is 4.97. The van der Waals surface area contributed by atoms with Gasteiger partial charge in [-0.1, -0.05) is 0 Å². The highest BCUT2D eigenvalue weighted by molar-refractivity contribution is 5.76. The van der Waals surface area contributed by atoms with Gasteiger partial charge < -0.3 is 24.2 Å². The molecule has 1 N–H and O–H groups in total. The number of rotatable bonds is 4. The summed E-state index contributed by atoms with van der Waals surface area (Å²) >= 11 is 0. The number of piperidine rings is 2. The van der Waals surface area contributed by atoms with Crippen LogP contribution in [0.4, 0.5) is 0 Å². The van der Waals surface area contributed by atoms with Crippen LogP contribution in [0.15, 0.2) is 12.1 Å². The van der Waals surface area contributed by atoms with Crippen LogP contribution in [0.25, 0.3) is 0 Å². The molecule has 2 fully saturated rings. The van der Waals surface area contributed by atoms with E-state index in [0.717, 1.165) is 61.7 Å². The van der Waals surface area contributed by atoms with E-state index in [1.165, 1.54) is 0 Å². The van der Waals surface area contributed by atoms with Gasteiger partial charge >= 0.3 is 5.97 Å². The molecule has 2 saturated heterocycles. The van der Waals surface area contributed by atoms with Crippen LogP contribution in [0, 0.1) is 5.41 Å². The van der Waals surface area contributed by atoms with Crippen molar-refractivity contribution in [2.24, 2.45) is 5.41 Å². The summed E-state index contributed by atoms with van der Waals surface area (Å²) in [5, 5.41) is 9.96. The number of hydrogen-bond donors (Lipinski definition) is 1. The summed E-state index contributed by atoms with van der Waals surface area (Å²) in [7, 11) is 3.72. The zero-order valence-corrected chi connectivity index (χ0v) is 16.8. The molecule has 7 heteroatoms. The highest BCUT2D eigenvalue weighted by atomic mass is 16.5. The minimum atomic E-state index is -0.642. The van der Waals surface area contributed by atoms with Crippen molar-refractivity contribution in [1.82, 2.24) is 9.80 Å². The second-order valence-corrected chi connectivity index (χ2v) is 8.21. The zero-order valence-electron chi connectivity index (χ0n) is 16.8. The van der Waals surface area contributed by atoms with Crippen molar-refractivity contribution in [2.45, 2.75) is 38.3 Å². The van der Waals surface area contributed by atoms with Crippen LogP contribution < -0.4 is 14.2 Å². The van der Waals surface area contributed by atoms with E-state index in [-0.39, 0.29) is 6.04 Å². The number of aliphatic carboxylic acids is 1. The van der Waals surface area contributed by atoms with Gasteiger partial charge in [0.1, 0.15) is 5.75 Å². The van der Waals surface area contributed by atoms with Crippen molar-refractivity contribution in [1.29, 1.82) is 0 Å². The number of carboxylic acid groups (broad SMARTS) is 1. The van der Waals surface area contributed by atoms with Gasteiger partial charge in [0.15, 0.2) is 11.5 Å². The lowest BCUT2D eigenvalue weighted by Gasteiger charge is -2.51. The van der Waals surface area contributed by atoms with Crippen LogP contribution in [0.1, 0.15) is 31.2 Å². The quantitative estimate of drug-likeness (QED) is 0.845. The van der Waals surface area contributed by atoms with E-state index in [9.17, 15) is 9.90 Å². The van der Waals surface area contributed by atoms with Gasteiger partial charge in [-0.3, -0.25) is 9.69 Å². The predicted molar refractivity (Wildman–Crippen MR) is 104 cm³/mol. The van der Waals surface area contributed by atoms with Crippen molar-refractivity contribution in [3.8, 4) is 17.2 Å². The van der Waals surface area contributed by atoms with Gasteiger partial charge in [0, 0.05) is 37.2 Å². The van der Waals surface area contributed by atoms with Crippen LogP contribution in [0.3, 0.4) is 0 Å². The van der Waals surface area contributed by atoms with E-state index in [4.69, 9.17) is 14.2 Å². The fourth-order valence-electron chi connectivity index (χ4n) is 4.97. The van der Waals surface area contributed by atoms with Crippen molar-refractivity contribution >= 4 is 5.97 Å². The molecule has 0 saturated carbocycles. The normalized spacial score (nSPS) is 28.3. The molecule has 3 aliphatic rings. The van der Waals surface area contributed by atoms with Gasteiger partial charge in [0.25, 0.3) is 0 Å². The summed E-state index contributed by atoms with van der Waals surface area (Å²) in [5.74, 6) is 1.64. The molecule has 2 atom stereocenters. The summed E-state index contributed by atoms with van der Waals surface area (Å²) < 4.78 is 17.2. The molecule has 3 heterocycles. The topological polar surface area (TPSA) is 71.5 Å². The van der Waals surface area contributed by atoms with Gasteiger partial charge in [0.05, 0.1) is 25.7 Å². The average molecular weight is 390 g/mol. The Morgan fingerprint density at radius 3 is 2.68 bits per heavy atom. The second-order valence-electron chi connectivity index (χ2n) is 8.21. The van der Waals surface area contributed by atoms with Gasteiger partial charge in [0.2, 0.25) is 0 Å². The maximum Gasteiger partial charge on any atom is 0.311 e. The average Bonchev–Trinajstić information content (AvgIpc) is 2.92. The number of ether oxygens (including phenoxy) is 3.